The summed E-state index contributed by atoms with van der Waals surface area (Å²) < 4.78 is 33.3. The van der Waals surface area contributed by atoms with Crippen LogP contribution in [0.15, 0.2) is 109 Å². The van der Waals surface area contributed by atoms with Crippen LogP contribution in [0.1, 0.15) is 48.8 Å². The minimum Gasteiger partial charge on any atom is -0.457 e. The SMILES string of the molecule is Cc1ccc(CN(C(=O)CN(c2ccc(Oc3ccccc3)cc2)S(C)(=O)=O)[C@H](Cc2ccccc2)C(=O)NC2CCCCC2)cc1. The topological polar surface area (TPSA) is 96.0 Å². The van der Waals surface area contributed by atoms with Gasteiger partial charge in [0.25, 0.3) is 0 Å². The molecule has 1 saturated carbocycles. The van der Waals surface area contributed by atoms with Crippen molar-refractivity contribution in [3.8, 4) is 11.5 Å². The third-order valence-electron chi connectivity index (χ3n) is 8.48. The molecule has 4 aromatic rings. The number of nitrogens with one attached hydrogen (secondary N) is 1. The summed E-state index contributed by atoms with van der Waals surface area (Å²) >= 11 is 0. The van der Waals surface area contributed by atoms with E-state index in [1.165, 1.54) is 0 Å². The fourth-order valence-electron chi connectivity index (χ4n) is 5.91. The fraction of sp³-hybridized carbons (Fsp3) is 0.316. The molecule has 5 rings (SSSR count). The molecule has 1 fully saturated rings. The number of rotatable bonds is 13. The number of sulfonamides is 1. The number of ether oxygens (including phenoxy) is 1. The van der Waals surface area contributed by atoms with Crippen molar-refractivity contribution in [1.82, 2.24) is 10.2 Å². The van der Waals surface area contributed by atoms with E-state index in [0.717, 1.165) is 59.4 Å². The molecule has 4 aromatic carbocycles. The van der Waals surface area contributed by atoms with Crippen LogP contribution in [0.4, 0.5) is 5.69 Å². The molecular formula is C38H43N3O5S. The summed E-state index contributed by atoms with van der Waals surface area (Å²) in [4.78, 5) is 30.0. The average molecular weight is 654 g/mol. The summed E-state index contributed by atoms with van der Waals surface area (Å²) in [6.07, 6.45) is 6.44. The van der Waals surface area contributed by atoms with Gasteiger partial charge >= 0.3 is 0 Å². The molecule has 0 heterocycles. The zero-order valence-corrected chi connectivity index (χ0v) is 27.9. The van der Waals surface area contributed by atoms with Crippen LogP contribution in [-0.4, -0.2) is 50.0 Å². The van der Waals surface area contributed by atoms with Crippen molar-refractivity contribution < 1.29 is 22.7 Å². The Bertz CT molecular complexity index is 1710. The molecule has 1 atom stereocenters. The van der Waals surface area contributed by atoms with Crippen molar-refractivity contribution >= 4 is 27.5 Å². The van der Waals surface area contributed by atoms with Gasteiger partial charge in [-0.05, 0) is 67.3 Å². The summed E-state index contributed by atoms with van der Waals surface area (Å²) in [5.74, 6) is 0.482. The molecule has 1 aliphatic rings. The van der Waals surface area contributed by atoms with Crippen LogP contribution in [0.25, 0.3) is 0 Å². The smallest absolute Gasteiger partial charge is 0.244 e. The highest BCUT2D eigenvalue weighted by Gasteiger charge is 2.34. The molecule has 47 heavy (non-hydrogen) atoms. The molecule has 0 saturated heterocycles. The van der Waals surface area contributed by atoms with Crippen molar-refractivity contribution in [2.75, 3.05) is 17.1 Å². The van der Waals surface area contributed by atoms with Gasteiger partial charge in [0, 0.05) is 19.0 Å². The van der Waals surface area contributed by atoms with Crippen LogP contribution in [0, 0.1) is 6.92 Å². The maximum atomic E-state index is 14.4. The zero-order chi connectivity index (χ0) is 33.2. The van der Waals surface area contributed by atoms with E-state index in [-0.39, 0.29) is 18.5 Å². The van der Waals surface area contributed by atoms with Gasteiger partial charge in [0.05, 0.1) is 11.9 Å². The lowest BCUT2D eigenvalue weighted by atomic mass is 9.94. The predicted octanol–water partition coefficient (Wildman–Crippen LogP) is 6.64. The first-order valence-electron chi connectivity index (χ1n) is 16.2. The van der Waals surface area contributed by atoms with Gasteiger partial charge < -0.3 is 15.0 Å². The molecule has 1 aliphatic carbocycles. The monoisotopic (exact) mass is 653 g/mol. The number of carbonyl (C=O) groups excluding carboxylic acids is 2. The van der Waals surface area contributed by atoms with Crippen LogP contribution < -0.4 is 14.4 Å². The summed E-state index contributed by atoms with van der Waals surface area (Å²) in [5, 5.41) is 3.23. The average Bonchev–Trinajstić information content (AvgIpc) is 3.07. The normalized spacial score (nSPS) is 14.2. The number of anilines is 1. The van der Waals surface area contributed by atoms with Crippen molar-refractivity contribution in [2.45, 2.75) is 64.1 Å². The highest BCUT2D eigenvalue weighted by atomic mass is 32.2. The van der Waals surface area contributed by atoms with E-state index in [0.29, 0.717) is 23.6 Å². The van der Waals surface area contributed by atoms with E-state index in [1.54, 1.807) is 29.2 Å². The Labute approximate surface area is 278 Å². The molecular weight excluding hydrogens is 611 g/mol. The first-order valence-corrected chi connectivity index (χ1v) is 18.0. The third kappa shape index (κ3) is 9.68. The van der Waals surface area contributed by atoms with E-state index in [1.807, 2.05) is 91.9 Å². The summed E-state index contributed by atoms with van der Waals surface area (Å²) in [6.45, 7) is 1.67. The number of hydrogen-bond acceptors (Lipinski definition) is 5. The molecule has 0 radical (unpaired) electrons. The fourth-order valence-corrected chi connectivity index (χ4v) is 6.76. The second-order valence-corrected chi connectivity index (χ2v) is 14.1. The van der Waals surface area contributed by atoms with Crippen molar-refractivity contribution in [3.05, 3.63) is 126 Å². The summed E-state index contributed by atoms with van der Waals surface area (Å²) in [7, 11) is -3.88. The highest BCUT2D eigenvalue weighted by Crippen LogP contribution is 2.26. The Morgan fingerprint density at radius 3 is 2.00 bits per heavy atom. The Balaban J connectivity index is 1.45. The number of carbonyl (C=O) groups is 2. The van der Waals surface area contributed by atoms with E-state index in [4.69, 9.17) is 4.74 Å². The van der Waals surface area contributed by atoms with Crippen LogP contribution in [0.5, 0.6) is 11.5 Å². The standard InChI is InChI=1S/C38H43N3O5S/c1-29-18-20-31(21-19-29)27-40(36(26-30-12-6-3-7-13-30)38(43)39-32-14-8-4-9-15-32)37(42)28-41(47(2,44)45)33-22-24-35(25-23-33)46-34-16-10-5-11-17-34/h3,5-7,10-13,16-25,32,36H,4,8-9,14-15,26-28H2,1-2H3,(H,39,43)/t36-/m1/s1. The van der Waals surface area contributed by atoms with Crippen LogP contribution in [0.2, 0.25) is 0 Å². The molecule has 1 N–H and O–H groups in total. The lowest BCUT2D eigenvalue weighted by Crippen LogP contribution is -2.55. The lowest BCUT2D eigenvalue weighted by Gasteiger charge is -2.35. The molecule has 0 aliphatic heterocycles. The number of benzene rings is 4. The zero-order valence-electron chi connectivity index (χ0n) is 27.0. The van der Waals surface area contributed by atoms with Crippen LogP contribution >= 0.6 is 0 Å². The van der Waals surface area contributed by atoms with Gasteiger partial charge in [0.1, 0.15) is 24.1 Å². The maximum absolute atomic E-state index is 14.4. The summed E-state index contributed by atoms with van der Waals surface area (Å²) in [6, 6.07) is 32.5. The van der Waals surface area contributed by atoms with Gasteiger partial charge in [-0.25, -0.2) is 8.42 Å². The predicted molar refractivity (Wildman–Crippen MR) is 186 cm³/mol. The van der Waals surface area contributed by atoms with E-state index in [2.05, 4.69) is 5.32 Å². The molecule has 0 spiro atoms. The van der Waals surface area contributed by atoms with E-state index in [9.17, 15) is 18.0 Å². The van der Waals surface area contributed by atoms with Gasteiger partial charge in [0.15, 0.2) is 0 Å². The molecule has 2 amide bonds. The molecule has 0 bridgehead atoms. The second-order valence-electron chi connectivity index (χ2n) is 12.2. The molecule has 8 nitrogen and oxygen atoms in total. The Kier molecular flexibility index (Phi) is 11.3. The van der Waals surface area contributed by atoms with E-state index < -0.39 is 28.5 Å². The quantitative estimate of drug-likeness (QED) is 0.175. The van der Waals surface area contributed by atoms with Gasteiger partial charge in [-0.2, -0.15) is 0 Å². The van der Waals surface area contributed by atoms with Crippen molar-refractivity contribution in [2.24, 2.45) is 0 Å². The van der Waals surface area contributed by atoms with Crippen molar-refractivity contribution in [3.63, 3.8) is 0 Å². The minimum atomic E-state index is -3.88. The molecule has 9 heteroatoms. The van der Waals surface area contributed by atoms with Gasteiger partial charge in [0.2, 0.25) is 21.8 Å². The highest BCUT2D eigenvalue weighted by molar-refractivity contribution is 7.92. The van der Waals surface area contributed by atoms with Crippen LogP contribution in [0.3, 0.4) is 0 Å². The molecule has 0 aromatic heterocycles. The number of nitrogens with zero attached hydrogens (tertiary/aromatic N) is 2. The lowest BCUT2D eigenvalue weighted by molar-refractivity contribution is -0.140. The van der Waals surface area contributed by atoms with Crippen molar-refractivity contribution in [1.29, 1.82) is 0 Å². The van der Waals surface area contributed by atoms with Gasteiger partial charge in [-0.3, -0.25) is 13.9 Å². The maximum Gasteiger partial charge on any atom is 0.244 e. The number of para-hydroxylation sites is 1. The van der Waals surface area contributed by atoms with Gasteiger partial charge in [-0.15, -0.1) is 0 Å². The Hall–Kier alpha value is -4.63. The summed E-state index contributed by atoms with van der Waals surface area (Å²) in [5.41, 5.74) is 3.15. The van der Waals surface area contributed by atoms with Gasteiger partial charge in [-0.1, -0.05) is 97.6 Å². The molecule has 0 unspecified atom stereocenters. The van der Waals surface area contributed by atoms with Crippen LogP contribution in [-0.2, 0) is 32.6 Å². The minimum absolute atomic E-state index is 0.0509. The second kappa shape index (κ2) is 15.8. The van der Waals surface area contributed by atoms with E-state index >= 15 is 0 Å². The molecule has 246 valence electrons. The Morgan fingerprint density at radius 1 is 0.787 bits per heavy atom. The first kappa shape index (κ1) is 33.7. The third-order valence-corrected chi connectivity index (χ3v) is 9.62. The number of hydrogen-bond donors (Lipinski definition) is 1. The number of amides is 2. The largest absolute Gasteiger partial charge is 0.457 e. The Morgan fingerprint density at radius 2 is 1.38 bits per heavy atom. The number of aryl methyl sites for hydroxylation is 1. The first-order chi connectivity index (χ1) is 22.7.